The highest BCUT2D eigenvalue weighted by Gasteiger charge is 2.15. The number of aromatic nitrogens is 1. The van der Waals surface area contributed by atoms with Crippen molar-refractivity contribution in [2.45, 2.75) is 67.4 Å². The fourth-order valence-electron chi connectivity index (χ4n) is 3.83. The van der Waals surface area contributed by atoms with Crippen LogP contribution >= 0.6 is 0 Å². The van der Waals surface area contributed by atoms with Crippen molar-refractivity contribution in [1.29, 1.82) is 0 Å². The molecule has 0 spiro atoms. The fraction of sp³-hybridized carbons (Fsp3) is 0.481. The van der Waals surface area contributed by atoms with Crippen molar-refractivity contribution < 1.29 is 19.4 Å². The Hall–Kier alpha value is -2.86. The van der Waals surface area contributed by atoms with Crippen LogP contribution in [-0.4, -0.2) is 36.2 Å². The molecule has 0 bridgehead atoms. The largest absolute Gasteiger partial charge is 0.488 e. The molecule has 0 radical (unpaired) electrons. The fourth-order valence-corrected chi connectivity index (χ4v) is 3.83. The molecule has 0 aliphatic rings. The van der Waals surface area contributed by atoms with Crippen LogP contribution in [0.4, 0.5) is 0 Å². The minimum atomic E-state index is -0.689. The van der Waals surface area contributed by atoms with E-state index in [1.807, 2.05) is 19.9 Å². The molecule has 1 aromatic heterocycles. The minimum absolute atomic E-state index is 0.0650. The van der Waals surface area contributed by atoms with Crippen LogP contribution < -0.4 is 14.9 Å². The van der Waals surface area contributed by atoms with E-state index in [2.05, 4.69) is 31.0 Å². The average Bonchev–Trinajstić information content (AvgIpc) is 2.72. The second kappa shape index (κ2) is 13.0. The summed E-state index contributed by atoms with van der Waals surface area (Å²) in [6.07, 6.45) is 8.39. The summed E-state index contributed by atoms with van der Waals surface area (Å²) in [7, 11) is 2.95. The van der Waals surface area contributed by atoms with Crippen molar-refractivity contribution in [1.82, 2.24) is 4.98 Å². The lowest BCUT2D eigenvalue weighted by Gasteiger charge is -2.17. The Morgan fingerprint density at radius 1 is 1.06 bits per heavy atom. The summed E-state index contributed by atoms with van der Waals surface area (Å²) in [4.78, 5) is 26.9. The van der Waals surface area contributed by atoms with Crippen molar-refractivity contribution >= 4 is 5.78 Å². The molecule has 0 aromatic carbocycles. The van der Waals surface area contributed by atoms with Crippen LogP contribution in [0.15, 0.2) is 51.4 Å². The van der Waals surface area contributed by atoms with Crippen LogP contribution in [0.3, 0.4) is 0 Å². The Morgan fingerprint density at radius 2 is 1.70 bits per heavy atom. The Labute approximate surface area is 197 Å². The average molecular weight is 458 g/mol. The van der Waals surface area contributed by atoms with Gasteiger partial charge in [0, 0.05) is 23.6 Å². The summed E-state index contributed by atoms with van der Waals surface area (Å²) < 4.78 is 10.4. The van der Waals surface area contributed by atoms with Gasteiger partial charge in [-0.05, 0) is 59.6 Å². The van der Waals surface area contributed by atoms with E-state index in [0.717, 1.165) is 17.7 Å². The number of ether oxygens (including phenoxy) is 2. The third-order valence-electron chi connectivity index (χ3n) is 5.49. The summed E-state index contributed by atoms with van der Waals surface area (Å²) in [5.41, 5.74) is 5.34. The Bertz CT molecular complexity index is 1020. The van der Waals surface area contributed by atoms with Gasteiger partial charge in [0.1, 0.15) is 0 Å². The summed E-state index contributed by atoms with van der Waals surface area (Å²) >= 11 is 0. The molecule has 1 aromatic rings. The van der Waals surface area contributed by atoms with E-state index >= 15 is 0 Å². The van der Waals surface area contributed by atoms with Gasteiger partial charge in [-0.3, -0.25) is 9.59 Å². The van der Waals surface area contributed by atoms with E-state index in [0.29, 0.717) is 23.4 Å². The molecule has 182 valence electrons. The highest BCUT2D eigenvalue weighted by atomic mass is 16.5. The van der Waals surface area contributed by atoms with Crippen molar-refractivity contribution in [3.8, 4) is 11.6 Å². The molecular weight excluding hydrogens is 418 g/mol. The number of hydrogen-bond acceptors (Lipinski definition) is 5. The molecule has 2 N–H and O–H groups in total. The molecule has 33 heavy (non-hydrogen) atoms. The molecule has 0 aliphatic carbocycles. The minimum Gasteiger partial charge on any atom is -0.488 e. The number of H-pyrrole nitrogens is 1. The number of ketones is 1. The monoisotopic (exact) mass is 457 g/mol. The van der Waals surface area contributed by atoms with E-state index in [1.165, 1.54) is 38.4 Å². The smallest absolute Gasteiger partial charge is 0.238 e. The zero-order valence-corrected chi connectivity index (χ0v) is 21.5. The lowest BCUT2D eigenvalue weighted by molar-refractivity contribution is -0.112. The lowest BCUT2D eigenvalue weighted by atomic mass is 9.94. The van der Waals surface area contributed by atoms with Crippen LogP contribution in [0, 0.1) is 12.8 Å². The summed E-state index contributed by atoms with van der Waals surface area (Å²) in [6, 6.07) is 0. The molecule has 6 nitrogen and oxygen atoms in total. The van der Waals surface area contributed by atoms with Gasteiger partial charge in [0.2, 0.25) is 17.1 Å². The number of hydrogen-bond donors (Lipinski definition) is 2. The molecule has 2 atom stereocenters. The number of carbonyl (C=O) groups excluding carboxylic acids is 1. The van der Waals surface area contributed by atoms with Gasteiger partial charge in [-0.25, -0.2) is 0 Å². The summed E-state index contributed by atoms with van der Waals surface area (Å²) in [5.74, 6) is 0.346. The topological polar surface area (TPSA) is 88.6 Å². The van der Waals surface area contributed by atoms with Crippen molar-refractivity contribution in [2.24, 2.45) is 5.92 Å². The molecule has 0 aliphatic heterocycles. The van der Waals surface area contributed by atoms with Gasteiger partial charge in [0.15, 0.2) is 5.78 Å². The zero-order chi connectivity index (χ0) is 25.3. The number of aliphatic hydroxyl groups is 1. The number of pyridine rings is 1. The predicted octanol–water partition coefficient (Wildman–Crippen LogP) is 5.00. The summed E-state index contributed by atoms with van der Waals surface area (Å²) in [6.45, 7) is 13.1. The predicted molar refractivity (Wildman–Crippen MR) is 134 cm³/mol. The second-order valence-electron chi connectivity index (χ2n) is 8.76. The number of aliphatic hydroxyl groups excluding tert-OH is 1. The maximum Gasteiger partial charge on any atom is 0.238 e. The van der Waals surface area contributed by atoms with E-state index in [9.17, 15) is 14.7 Å². The molecule has 0 unspecified atom stereocenters. The standard InChI is InChI=1S/C27H39NO5/c1-16(10-11-23-22(7)25(31)26(32-8)27(28-23)33-9)12-17(2)13-18(3)14-19(4)24(30)20(5)15-21(6)29/h10,13-15,19,24,30H,11-12H2,1-9H3,(H,28,31)/b16-10+,17-13+,18-14+,20-15+/t19-,24-/m1/s1. The number of rotatable bonds is 11. The number of nitrogens with one attached hydrogen (secondary N) is 1. The van der Waals surface area contributed by atoms with Crippen LogP contribution in [0.2, 0.25) is 0 Å². The normalized spacial score (nSPS) is 15.3. The molecular formula is C27H39NO5. The maximum absolute atomic E-state index is 12.5. The second-order valence-corrected chi connectivity index (χ2v) is 8.76. The van der Waals surface area contributed by atoms with Crippen LogP contribution in [0.25, 0.3) is 0 Å². The van der Waals surface area contributed by atoms with Gasteiger partial charge in [-0.2, -0.15) is 0 Å². The number of methoxy groups -OCH3 is 2. The van der Waals surface area contributed by atoms with Gasteiger partial charge < -0.3 is 19.6 Å². The first-order valence-corrected chi connectivity index (χ1v) is 11.1. The number of aromatic amines is 1. The van der Waals surface area contributed by atoms with Gasteiger partial charge >= 0.3 is 0 Å². The van der Waals surface area contributed by atoms with Crippen molar-refractivity contribution in [2.75, 3.05) is 14.2 Å². The molecule has 6 heteroatoms. The van der Waals surface area contributed by atoms with E-state index in [4.69, 9.17) is 9.47 Å². The highest BCUT2D eigenvalue weighted by molar-refractivity contribution is 5.88. The zero-order valence-electron chi connectivity index (χ0n) is 21.5. The van der Waals surface area contributed by atoms with Gasteiger partial charge in [0.05, 0.1) is 20.3 Å². The van der Waals surface area contributed by atoms with E-state index < -0.39 is 6.10 Å². The highest BCUT2D eigenvalue weighted by Crippen LogP contribution is 2.23. The molecule has 0 saturated heterocycles. The van der Waals surface area contributed by atoms with Crippen molar-refractivity contribution in [3.63, 3.8) is 0 Å². The van der Waals surface area contributed by atoms with E-state index in [1.54, 1.807) is 13.8 Å². The summed E-state index contributed by atoms with van der Waals surface area (Å²) in [5, 5.41) is 10.4. The van der Waals surface area contributed by atoms with Crippen LogP contribution in [0.1, 0.15) is 59.2 Å². The molecule has 1 heterocycles. The van der Waals surface area contributed by atoms with Gasteiger partial charge in [-0.1, -0.05) is 41.9 Å². The number of carbonyl (C=O) groups is 1. The lowest BCUT2D eigenvalue weighted by Crippen LogP contribution is -2.18. The third kappa shape index (κ3) is 8.54. The van der Waals surface area contributed by atoms with E-state index in [-0.39, 0.29) is 22.9 Å². The molecule has 0 fully saturated rings. The third-order valence-corrected chi connectivity index (χ3v) is 5.49. The molecule has 0 saturated carbocycles. The van der Waals surface area contributed by atoms with Gasteiger partial charge in [0.25, 0.3) is 0 Å². The van der Waals surface area contributed by atoms with Crippen molar-refractivity contribution in [3.05, 3.63) is 68.1 Å². The SMILES string of the molecule is COc1[nH]c(C/C=C(\C)C/C(C)=C/C(C)=C/[C@@H](C)[C@@H](O)/C(C)=C/C(C)=O)c(C)c(=O)c1OC. The van der Waals surface area contributed by atoms with Gasteiger partial charge in [-0.15, -0.1) is 0 Å². The Kier molecular flexibility index (Phi) is 11.1. The van der Waals surface area contributed by atoms with Crippen LogP contribution in [0.5, 0.6) is 11.6 Å². The maximum atomic E-state index is 12.5. The molecule has 1 rings (SSSR count). The first-order valence-electron chi connectivity index (χ1n) is 11.1. The Balaban J connectivity index is 2.92. The quantitative estimate of drug-likeness (QED) is 0.277. The number of allylic oxidation sites excluding steroid dienone is 6. The Morgan fingerprint density at radius 3 is 2.24 bits per heavy atom. The first-order chi connectivity index (χ1) is 15.4. The molecule has 0 amide bonds. The first kappa shape index (κ1) is 28.2. The van der Waals surface area contributed by atoms with Crippen LogP contribution in [-0.2, 0) is 11.2 Å².